The zero-order valence-corrected chi connectivity index (χ0v) is 9.38. The van der Waals surface area contributed by atoms with E-state index in [-0.39, 0.29) is 0 Å². The number of aliphatic carboxylic acids is 1. The van der Waals surface area contributed by atoms with Crippen molar-refractivity contribution in [3.63, 3.8) is 0 Å². The summed E-state index contributed by atoms with van der Waals surface area (Å²) < 4.78 is 0. The number of rotatable bonds is 3. The van der Waals surface area contributed by atoms with E-state index in [1.54, 1.807) is 24.5 Å². The predicted molar refractivity (Wildman–Crippen MR) is 66.4 cm³/mol. The number of nitrogens with zero attached hydrogens (tertiary/aromatic N) is 1. The molecule has 1 aromatic carbocycles. The number of hydrogen-bond donors (Lipinski definition) is 3. The van der Waals surface area contributed by atoms with Gasteiger partial charge in [-0.05, 0) is 17.5 Å². The molecule has 0 spiro atoms. The summed E-state index contributed by atoms with van der Waals surface area (Å²) in [5.74, 6) is -1.09. The van der Waals surface area contributed by atoms with E-state index in [4.69, 9.17) is 5.11 Å². The van der Waals surface area contributed by atoms with E-state index >= 15 is 0 Å². The Kier molecular flexibility index (Phi) is 3.38. The molecule has 0 fully saturated rings. The van der Waals surface area contributed by atoms with Gasteiger partial charge in [0.15, 0.2) is 0 Å². The summed E-state index contributed by atoms with van der Waals surface area (Å²) in [6.07, 6.45) is 3.30. The quantitative estimate of drug-likeness (QED) is 0.763. The molecule has 0 bridgehead atoms. The van der Waals surface area contributed by atoms with Gasteiger partial charge >= 0.3 is 12.0 Å². The fourth-order valence-corrected chi connectivity index (χ4v) is 1.54. The van der Waals surface area contributed by atoms with Crippen molar-refractivity contribution in [2.24, 2.45) is 0 Å². The lowest BCUT2D eigenvalue weighted by atomic mass is 10.1. The lowest BCUT2D eigenvalue weighted by Crippen LogP contribution is -2.33. The lowest BCUT2D eigenvalue weighted by molar-refractivity contribution is -0.135. The molecule has 0 atom stereocenters. The maximum absolute atomic E-state index is 11.5. The standard InChI is InChI=1S/C12H11N3O3/c16-11(17)7-14-12(18)15-10-3-1-2-8-4-5-13-6-9(8)10/h1-6H,7H2,(H,16,17)(H2,14,15,18). The van der Waals surface area contributed by atoms with Gasteiger partial charge in [-0.2, -0.15) is 0 Å². The van der Waals surface area contributed by atoms with Crippen LogP contribution in [0.1, 0.15) is 0 Å². The summed E-state index contributed by atoms with van der Waals surface area (Å²) in [5, 5.41) is 15.0. The number of fused-ring (bicyclic) bond motifs is 1. The zero-order valence-electron chi connectivity index (χ0n) is 9.38. The van der Waals surface area contributed by atoms with Crippen LogP contribution in [0.25, 0.3) is 10.8 Å². The van der Waals surface area contributed by atoms with Crippen LogP contribution in [0.2, 0.25) is 0 Å². The Hall–Kier alpha value is -2.63. The van der Waals surface area contributed by atoms with Gasteiger partial charge in [-0.1, -0.05) is 12.1 Å². The second-order valence-electron chi connectivity index (χ2n) is 3.60. The van der Waals surface area contributed by atoms with Crippen LogP contribution >= 0.6 is 0 Å². The van der Waals surface area contributed by atoms with Crippen molar-refractivity contribution in [3.05, 3.63) is 36.7 Å². The molecule has 0 aliphatic rings. The molecule has 18 heavy (non-hydrogen) atoms. The Balaban J connectivity index is 2.16. The van der Waals surface area contributed by atoms with E-state index in [0.717, 1.165) is 10.8 Å². The van der Waals surface area contributed by atoms with E-state index in [1.807, 2.05) is 12.1 Å². The molecule has 0 saturated carbocycles. The molecule has 0 radical (unpaired) electrons. The van der Waals surface area contributed by atoms with Gasteiger partial charge in [-0.15, -0.1) is 0 Å². The van der Waals surface area contributed by atoms with Gasteiger partial charge in [-0.3, -0.25) is 9.78 Å². The Bertz CT molecular complexity index is 593. The number of urea groups is 1. The minimum absolute atomic E-state index is 0.422. The van der Waals surface area contributed by atoms with Crippen molar-refractivity contribution in [2.45, 2.75) is 0 Å². The number of carbonyl (C=O) groups is 2. The van der Waals surface area contributed by atoms with E-state index in [9.17, 15) is 9.59 Å². The van der Waals surface area contributed by atoms with Crippen LogP contribution in [0, 0.1) is 0 Å². The molecule has 0 saturated heterocycles. The first-order valence-corrected chi connectivity index (χ1v) is 5.26. The van der Waals surface area contributed by atoms with Crippen LogP contribution in [0.5, 0.6) is 0 Å². The van der Waals surface area contributed by atoms with Gasteiger partial charge < -0.3 is 15.7 Å². The molecular formula is C12H11N3O3. The number of benzene rings is 1. The summed E-state index contributed by atoms with van der Waals surface area (Å²) in [6, 6.07) is 6.70. The molecule has 2 aromatic rings. The van der Waals surface area contributed by atoms with Crippen LogP contribution < -0.4 is 10.6 Å². The Morgan fingerprint density at radius 2 is 2.11 bits per heavy atom. The largest absolute Gasteiger partial charge is 0.480 e. The number of carbonyl (C=O) groups excluding carboxylic acids is 1. The van der Waals surface area contributed by atoms with Crippen LogP contribution in [0.15, 0.2) is 36.7 Å². The number of carboxylic acid groups (broad SMARTS) is 1. The van der Waals surface area contributed by atoms with Gasteiger partial charge in [0, 0.05) is 17.8 Å². The third-order valence-electron chi connectivity index (χ3n) is 2.33. The van der Waals surface area contributed by atoms with Crippen molar-refractivity contribution in [1.82, 2.24) is 10.3 Å². The molecule has 6 nitrogen and oxygen atoms in total. The first-order valence-electron chi connectivity index (χ1n) is 5.26. The minimum atomic E-state index is -1.09. The molecule has 3 N–H and O–H groups in total. The fourth-order valence-electron chi connectivity index (χ4n) is 1.54. The van der Waals surface area contributed by atoms with Crippen molar-refractivity contribution < 1.29 is 14.7 Å². The third-order valence-corrected chi connectivity index (χ3v) is 2.33. The number of pyridine rings is 1. The van der Waals surface area contributed by atoms with Crippen LogP contribution in [-0.4, -0.2) is 28.6 Å². The molecule has 1 heterocycles. The van der Waals surface area contributed by atoms with Crippen molar-refractivity contribution in [2.75, 3.05) is 11.9 Å². The number of anilines is 1. The zero-order chi connectivity index (χ0) is 13.0. The molecule has 2 amide bonds. The first kappa shape index (κ1) is 11.8. The molecular weight excluding hydrogens is 234 g/mol. The van der Waals surface area contributed by atoms with Gasteiger partial charge in [-0.25, -0.2) is 4.79 Å². The van der Waals surface area contributed by atoms with Crippen molar-refractivity contribution in [1.29, 1.82) is 0 Å². The molecule has 6 heteroatoms. The van der Waals surface area contributed by atoms with Gasteiger partial charge in [0.1, 0.15) is 6.54 Å². The van der Waals surface area contributed by atoms with Gasteiger partial charge in [0.2, 0.25) is 0 Å². The maximum Gasteiger partial charge on any atom is 0.323 e. The SMILES string of the molecule is O=C(O)CNC(=O)Nc1cccc2ccncc12. The van der Waals surface area contributed by atoms with Crippen molar-refractivity contribution >= 4 is 28.5 Å². The van der Waals surface area contributed by atoms with E-state index < -0.39 is 18.5 Å². The van der Waals surface area contributed by atoms with Crippen LogP contribution in [0.4, 0.5) is 10.5 Å². The normalized spacial score (nSPS) is 10.0. The number of nitrogens with one attached hydrogen (secondary N) is 2. The Labute approximate surface area is 103 Å². The summed E-state index contributed by atoms with van der Waals surface area (Å²) in [4.78, 5) is 25.8. The van der Waals surface area contributed by atoms with E-state index in [0.29, 0.717) is 5.69 Å². The number of hydrogen-bond acceptors (Lipinski definition) is 3. The minimum Gasteiger partial charge on any atom is -0.480 e. The number of carboxylic acids is 1. The maximum atomic E-state index is 11.5. The number of aromatic nitrogens is 1. The lowest BCUT2D eigenvalue weighted by Gasteiger charge is -2.08. The Morgan fingerprint density at radius 3 is 2.89 bits per heavy atom. The molecule has 2 rings (SSSR count). The highest BCUT2D eigenvalue weighted by molar-refractivity contribution is 6.01. The molecule has 0 aliphatic heterocycles. The van der Waals surface area contributed by atoms with Crippen molar-refractivity contribution in [3.8, 4) is 0 Å². The predicted octanol–water partition coefficient (Wildman–Crippen LogP) is 1.44. The summed E-state index contributed by atoms with van der Waals surface area (Å²) in [7, 11) is 0. The molecule has 92 valence electrons. The second-order valence-corrected chi connectivity index (χ2v) is 3.60. The molecule has 0 aliphatic carbocycles. The average molecular weight is 245 g/mol. The average Bonchev–Trinajstić information content (AvgIpc) is 2.37. The molecule has 1 aromatic heterocycles. The molecule has 0 unspecified atom stereocenters. The van der Waals surface area contributed by atoms with E-state index in [1.165, 1.54) is 0 Å². The smallest absolute Gasteiger partial charge is 0.323 e. The van der Waals surface area contributed by atoms with Gasteiger partial charge in [0.25, 0.3) is 0 Å². The van der Waals surface area contributed by atoms with Gasteiger partial charge in [0.05, 0.1) is 5.69 Å². The third kappa shape index (κ3) is 2.73. The second kappa shape index (κ2) is 5.13. The summed E-state index contributed by atoms with van der Waals surface area (Å²) in [5.41, 5.74) is 0.587. The summed E-state index contributed by atoms with van der Waals surface area (Å²) >= 11 is 0. The highest BCUT2D eigenvalue weighted by Crippen LogP contribution is 2.21. The first-order chi connectivity index (χ1) is 8.66. The monoisotopic (exact) mass is 245 g/mol. The van der Waals surface area contributed by atoms with E-state index in [2.05, 4.69) is 15.6 Å². The highest BCUT2D eigenvalue weighted by Gasteiger charge is 2.06. The Morgan fingerprint density at radius 1 is 1.28 bits per heavy atom. The van der Waals surface area contributed by atoms with Crippen LogP contribution in [-0.2, 0) is 4.79 Å². The highest BCUT2D eigenvalue weighted by atomic mass is 16.4. The van der Waals surface area contributed by atoms with Crippen LogP contribution in [0.3, 0.4) is 0 Å². The number of amides is 2. The topological polar surface area (TPSA) is 91.3 Å². The fraction of sp³-hybridized carbons (Fsp3) is 0.0833. The summed E-state index contributed by atoms with van der Waals surface area (Å²) in [6.45, 7) is -0.422.